The van der Waals surface area contributed by atoms with Crippen LogP contribution in [0.25, 0.3) is 0 Å². The van der Waals surface area contributed by atoms with Gasteiger partial charge in [0.05, 0.1) is 18.9 Å². The maximum absolute atomic E-state index is 6.43. The zero-order chi connectivity index (χ0) is 19.1. The Balaban J connectivity index is 1.61. The maximum atomic E-state index is 6.43. The van der Waals surface area contributed by atoms with Crippen LogP contribution in [0.15, 0.2) is 77.9 Å². The largest absolute Gasteiger partial charge is 0.493 e. The molecule has 2 heterocycles. The third-order valence-electron chi connectivity index (χ3n) is 5.26. The van der Waals surface area contributed by atoms with Crippen LogP contribution < -0.4 is 9.47 Å². The van der Waals surface area contributed by atoms with Gasteiger partial charge < -0.3 is 9.47 Å². The van der Waals surface area contributed by atoms with Crippen molar-refractivity contribution in [3.63, 3.8) is 0 Å². The second-order valence-corrected chi connectivity index (χ2v) is 7.35. The highest BCUT2D eigenvalue weighted by Crippen LogP contribution is 2.50. The number of para-hydroxylation sites is 1. The molecule has 3 aromatic rings. The first-order chi connectivity index (χ1) is 13.7. The van der Waals surface area contributed by atoms with E-state index in [2.05, 4.69) is 23.2 Å². The van der Waals surface area contributed by atoms with E-state index in [0.29, 0.717) is 0 Å². The van der Waals surface area contributed by atoms with E-state index in [0.717, 1.165) is 45.3 Å². The second-order valence-electron chi connectivity index (χ2n) is 6.91. The van der Waals surface area contributed by atoms with Crippen molar-refractivity contribution >= 4 is 17.3 Å². The number of hydrogen-bond donors (Lipinski definition) is 0. The zero-order valence-electron chi connectivity index (χ0n) is 15.4. The average molecular weight is 391 g/mol. The van der Waals surface area contributed by atoms with E-state index in [-0.39, 0.29) is 12.3 Å². The first kappa shape index (κ1) is 17.1. The van der Waals surface area contributed by atoms with Crippen molar-refractivity contribution in [1.29, 1.82) is 0 Å². The second kappa shape index (κ2) is 6.88. The molecule has 2 atom stereocenters. The summed E-state index contributed by atoms with van der Waals surface area (Å²) in [6.07, 6.45) is 0.494. The lowest BCUT2D eigenvalue weighted by Gasteiger charge is -2.38. The summed E-state index contributed by atoms with van der Waals surface area (Å²) in [5.74, 6) is 1.55. The standard InChI is InChI=1S/C23H19ClN2O2/c1-27-21-9-5-8-18-20-14-19(15-10-12-17(24)13-11-15)25-26(20)23(28-22(18)21)16-6-3-2-4-7-16/h2-13,20,23H,14H2,1H3/t20-,23+/m0/s1. The smallest absolute Gasteiger partial charge is 0.214 e. The predicted octanol–water partition coefficient (Wildman–Crippen LogP) is 5.59. The third kappa shape index (κ3) is 2.81. The lowest BCUT2D eigenvalue weighted by molar-refractivity contribution is -0.0209. The molecule has 0 unspecified atom stereocenters. The number of benzene rings is 3. The highest BCUT2D eigenvalue weighted by molar-refractivity contribution is 6.30. The quantitative estimate of drug-likeness (QED) is 0.584. The molecule has 0 fully saturated rings. The van der Waals surface area contributed by atoms with E-state index >= 15 is 0 Å². The molecule has 0 aliphatic carbocycles. The zero-order valence-corrected chi connectivity index (χ0v) is 16.1. The molecule has 0 amide bonds. The summed E-state index contributed by atoms with van der Waals surface area (Å²) in [5.41, 5.74) is 4.27. The molecule has 5 heteroatoms. The monoisotopic (exact) mass is 390 g/mol. The van der Waals surface area contributed by atoms with Crippen LogP contribution in [0, 0.1) is 0 Å². The Morgan fingerprint density at radius 2 is 1.79 bits per heavy atom. The number of methoxy groups -OCH3 is 1. The molecule has 2 aliphatic heterocycles. The first-order valence-corrected chi connectivity index (χ1v) is 9.62. The van der Waals surface area contributed by atoms with Gasteiger partial charge in [0.25, 0.3) is 0 Å². The maximum Gasteiger partial charge on any atom is 0.214 e. The van der Waals surface area contributed by atoms with Gasteiger partial charge in [0.15, 0.2) is 11.5 Å². The fourth-order valence-electron chi connectivity index (χ4n) is 3.90. The van der Waals surface area contributed by atoms with Crippen molar-refractivity contribution in [2.75, 3.05) is 7.11 Å². The lowest BCUT2D eigenvalue weighted by atomic mass is 9.95. The number of ether oxygens (including phenoxy) is 2. The first-order valence-electron chi connectivity index (χ1n) is 9.25. The van der Waals surface area contributed by atoms with E-state index in [1.54, 1.807) is 7.11 Å². The molecule has 0 saturated heterocycles. The highest BCUT2D eigenvalue weighted by atomic mass is 35.5. The summed E-state index contributed by atoms with van der Waals surface area (Å²) < 4.78 is 12.0. The third-order valence-corrected chi connectivity index (χ3v) is 5.51. The van der Waals surface area contributed by atoms with Crippen molar-refractivity contribution < 1.29 is 9.47 Å². The minimum absolute atomic E-state index is 0.0923. The van der Waals surface area contributed by atoms with E-state index < -0.39 is 0 Å². The summed E-state index contributed by atoms with van der Waals surface area (Å²) in [4.78, 5) is 0. The SMILES string of the molecule is COc1cccc2c1O[C@H](c1ccccc1)N1N=C(c3ccc(Cl)cc3)C[C@@H]21. The summed E-state index contributed by atoms with van der Waals surface area (Å²) in [6.45, 7) is 0. The molecule has 5 rings (SSSR count). The van der Waals surface area contributed by atoms with E-state index in [1.165, 1.54) is 0 Å². The Morgan fingerprint density at radius 1 is 1.00 bits per heavy atom. The minimum atomic E-state index is -0.306. The van der Waals surface area contributed by atoms with Gasteiger partial charge in [-0.05, 0) is 23.8 Å². The van der Waals surface area contributed by atoms with Gasteiger partial charge in [0.2, 0.25) is 6.23 Å². The van der Waals surface area contributed by atoms with E-state index in [1.807, 2.05) is 54.6 Å². The topological polar surface area (TPSA) is 34.1 Å². The van der Waals surface area contributed by atoms with Crippen LogP contribution in [0.3, 0.4) is 0 Å². The molecule has 0 N–H and O–H groups in total. The Hall–Kier alpha value is -2.98. The minimum Gasteiger partial charge on any atom is -0.493 e. The van der Waals surface area contributed by atoms with Crippen LogP contribution in [-0.4, -0.2) is 17.8 Å². The van der Waals surface area contributed by atoms with Gasteiger partial charge in [-0.3, -0.25) is 0 Å². The van der Waals surface area contributed by atoms with Gasteiger partial charge in [-0.25, -0.2) is 5.01 Å². The Morgan fingerprint density at radius 3 is 2.54 bits per heavy atom. The molecule has 2 aliphatic rings. The lowest BCUT2D eigenvalue weighted by Crippen LogP contribution is -2.33. The molecule has 140 valence electrons. The number of fused-ring (bicyclic) bond motifs is 3. The van der Waals surface area contributed by atoms with Crippen LogP contribution in [0.2, 0.25) is 5.02 Å². The Bertz CT molecular complexity index is 1030. The fourth-order valence-corrected chi connectivity index (χ4v) is 4.02. The number of nitrogens with zero attached hydrogens (tertiary/aromatic N) is 2. The molecular weight excluding hydrogens is 372 g/mol. The van der Waals surface area contributed by atoms with E-state index in [9.17, 15) is 0 Å². The molecule has 0 spiro atoms. The van der Waals surface area contributed by atoms with Crippen molar-refractivity contribution in [2.24, 2.45) is 5.10 Å². The van der Waals surface area contributed by atoms with Crippen LogP contribution in [0.4, 0.5) is 0 Å². The van der Waals surface area contributed by atoms with E-state index in [4.69, 9.17) is 26.2 Å². The molecule has 0 saturated carbocycles. The van der Waals surface area contributed by atoms with Gasteiger partial charge in [0, 0.05) is 22.6 Å². The molecular formula is C23H19ClN2O2. The van der Waals surface area contributed by atoms with Crippen molar-refractivity contribution in [1.82, 2.24) is 5.01 Å². The van der Waals surface area contributed by atoms with Gasteiger partial charge in [-0.2, -0.15) is 5.10 Å². The summed E-state index contributed by atoms with van der Waals surface area (Å²) in [5, 5.41) is 7.76. The summed E-state index contributed by atoms with van der Waals surface area (Å²) >= 11 is 6.06. The average Bonchev–Trinajstić information content (AvgIpc) is 3.19. The molecule has 3 aromatic carbocycles. The Labute approximate surface area is 169 Å². The van der Waals surface area contributed by atoms with Gasteiger partial charge >= 0.3 is 0 Å². The number of rotatable bonds is 3. The molecule has 0 bridgehead atoms. The molecule has 0 aromatic heterocycles. The van der Waals surface area contributed by atoms with Crippen molar-refractivity contribution in [3.05, 3.63) is 94.5 Å². The van der Waals surface area contributed by atoms with Crippen molar-refractivity contribution in [2.45, 2.75) is 18.7 Å². The van der Waals surface area contributed by atoms with Crippen LogP contribution in [-0.2, 0) is 0 Å². The van der Waals surface area contributed by atoms with Crippen LogP contribution in [0.5, 0.6) is 11.5 Å². The van der Waals surface area contributed by atoms with Gasteiger partial charge in [-0.1, -0.05) is 66.2 Å². The van der Waals surface area contributed by atoms with Gasteiger partial charge in [0.1, 0.15) is 0 Å². The molecule has 28 heavy (non-hydrogen) atoms. The summed E-state index contributed by atoms with van der Waals surface area (Å²) in [7, 11) is 1.67. The van der Waals surface area contributed by atoms with Crippen LogP contribution in [0.1, 0.15) is 35.4 Å². The fraction of sp³-hybridized carbons (Fsp3) is 0.174. The molecule has 0 radical (unpaired) electrons. The summed E-state index contributed by atoms with van der Waals surface area (Å²) in [6, 6.07) is 24.1. The van der Waals surface area contributed by atoms with Crippen LogP contribution >= 0.6 is 11.6 Å². The Kier molecular flexibility index (Phi) is 4.21. The molecule has 4 nitrogen and oxygen atoms in total. The van der Waals surface area contributed by atoms with Crippen molar-refractivity contribution in [3.8, 4) is 11.5 Å². The highest BCUT2D eigenvalue weighted by Gasteiger charge is 2.42. The van der Waals surface area contributed by atoms with Gasteiger partial charge in [-0.15, -0.1) is 0 Å². The number of halogens is 1. The predicted molar refractivity (Wildman–Crippen MR) is 110 cm³/mol. The normalized spacial score (nSPS) is 20.1. The number of hydrazone groups is 1. The number of hydrogen-bond acceptors (Lipinski definition) is 4.